The molecule has 0 atom stereocenters. The van der Waals surface area contributed by atoms with Crippen LogP contribution in [-0.4, -0.2) is 18.0 Å². The molecule has 6 heteroatoms. The third-order valence-electron chi connectivity index (χ3n) is 3.00. The van der Waals surface area contributed by atoms with Gasteiger partial charge in [-0.3, -0.25) is 9.59 Å². The van der Waals surface area contributed by atoms with E-state index in [1.54, 1.807) is 25.3 Å². The number of hydrogen-bond donors (Lipinski definition) is 1. The van der Waals surface area contributed by atoms with Crippen LogP contribution in [0.4, 0.5) is 5.69 Å². The van der Waals surface area contributed by atoms with Crippen molar-refractivity contribution in [1.82, 2.24) is 4.98 Å². The summed E-state index contributed by atoms with van der Waals surface area (Å²) in [4.78, 5) is 27.4. The topological polar surface area (TPSA) is 81.4 Å². The van der Waals surface area contributed by atoms with Gasteiger partial charge in [-0.25, -0.2) is 4.98 Å². The van der Waals surface area contributed by atoms with Crippen LogP contribution in [0, 0.1) is 0 Å². The molecule has 0 saturated heterocycles. The Morgan fingerprint density at radius 3 is 2.81 bits per heavy atom. The Labute approximate surface area is 119 Å². The second kappa shape index (κ2) is 4.90. The summed E-state index contributed by atoms with van der Waals surface area (Å²) in [7, 11) is 1.56. The molecule has 1 aromatic rings. The molecule has 0 unspecified atom stereocenters. The van der Waals surface area contributed by atoms with Gasteiger partial charge in [-0.15, -0.1) is 0 Å². The predicted octanol–water partition coefficient (Wildman–Crippen LogP) is 2.26. The van der Waals surface area contributed by atoms with Gasteiger partial charge in [0.15, 0.2) is 11.3 Å². The molecule has 0 fully saturated rings. The summed E-state index contributed by atoms with van der Waals surface area (Å²) < 4.78 is 10.8. The number of rotatable bonds is 2. The standard InChI is InChI=1S/C15H12N2O4/c1-8(18)16-11-6-12-15(7-13(11)19)21-14-5-9(20-2)3-4-10(14)17-12/h3-7H,1-2H3,(H,16,18). The molecule has 1 aliphatic carbocycles. The van der Waals surface area contributed by atoms with Gasteiger partial charge < -0.3 is 14.5 Å². The first kappa shape index (κ1) is 13.1. The molecule has 1 aromatic carbocycles. The minimum Gasteiger partial charge on any atom is -0.497 e. The number of nitrogens with zero attached hydrogens (tertiary/aromatic N) is 1. The fraction of sp³-hybridized carbons (Fsp3) is 0.133. The lowest BCUT2D eigenvalue weighted by atomic mass is 10.2. The van der Waals surface area contributed by atoms with Gasteiger partial charge >= 0.3 is 0 Å². The number of ether oxygens (including phenoxy) is 1. The van der Waals surface area contributed by atoms with Crippen molar-refractivity contribution in [2.45, 2.75) is 6.92 Å². The molecular weight excluding hydrogens is 272 g/mol. The van der Waals surface area contributed by atoms with E-state index in [2.05, 4.69) is 10.3 Å². The van der Waals surface area contributed by atoms with E-state index >= 15 is 0 Å². The van der Waals surface area contributed by atoms with Crippen LogP contribution < -0.4 is 15.5 Å². The summed E-state index contributed by atoms with van der Waals surface area (Å²) >= 11 is 0. The van der Waals surface area contributed by atoms with Crippen molar-refractivity contribution in [3.05, 3.63) is 40.6 Å². The Bertz CT molecular complexity index is 869. The summed E-state index contributed by atoms with van der Waals surface area (Å²) in [5.41, 5.74) is 1.51. The summed E-state index contributed by atoms with van der Waals surface area (Å²) in [6, 6.07) is 8.06. The fourth-order valence-corrected chi connectivity index (χ4v) is 2.05. The number of nitrogens with one attached hydrogen (secondary N) is 1. The predicted molar refractivity (Wildman–Crippen MR) is 77.8 cm³/mol. The number of fused-ring (bicyclic) bond motifs is 2. The van der Waals surface area contributed by atoms with Crippen LogP contribution in [0.5, 0.6) is 5.75 Å². The van der Waals surface area contributed by atoms with E-state index in [1.807, 2.05) is 0 Å². The Morgan fingerprint density at radius 2 is 2.10 bits per heavy atom. The minimum atomic E-state index is -0.328. The highest BCUT2D eigenvalue weighted by atomic mass is 16.5. The van der Waals surface area contributed by atoms with E-state index < -0.39 is 0 Å². The van der Waals surface area contributed by atoms with Crippen molar-refractivity contribution in [2.75, 3.05) is 12.4 Å². The molecule has 0 saturated carbocycles. The number of benzene rings is 2. The van der Waals surface area contributed by atoms with Crippen LogP contribution in [0.2, 0.25) is 0 Å². The summed E-state index contributed by atoms with van der Waals surface area (Å²) in [5.74, 6) is 0.688. The van der Waals surface area contributed by atoms with Gasteiger partial charge in [0, 0.05) is 19.1 Å². The summed E-state index contributed by atoms with van der Waals surface area (Å²) in [6.07, 6.45) is 0. The van der Waals surface area contributed by atoms with Crippen LogP contribution in [0.1, 0.15) is 6.92 Å². The van der Waals surface area contributed by atoms with Crippen LogP contribution >= 0.6 is 0 Å². The van der Waals surface area contributed by atoms with E-state index in [0.29, 0.717) is 28.3 Å². The van der Waals surface area contributed by atoms with E-state index in [1.165, 1.54) is 19.1 Å². The molecule has 0 bridgehead atoms. The molecular formula is C15H12N2O4. The normalized spacial score (nSPS) is 10.8. The number of methoxy groups -OCH3 is 1. The number of carbonyl (C=O) groups excluding carboxylic acids is 1. The molecule has 2 aliphatic rings. The number of carbonyl (C=O) groups is 1. The van der Waals surface area contributed by atoms with Gasteiger partial charge in [-0.2, -0.15) is 0 Å². The highest BCUT2D eigenvalue weighted by molar-refractivity contribution is 5.89. The molecule has 0 spiro atoms. The third-order valence-corrected chi connectivity index (χ3v) is 3.00. The number of anilines is 1. The van der Waals surface area contributed by atoms with E-state index in [9.17, 15) is 9.59 Å². The molecule has 1 aliphatic heterocycles. The van der Waals surface area contributed by atoms with E-state index in [4.69, 9.17) is 9.15 Å². The Hall–Kier alpha value is -2.89. The zero-order valence-electron chi connectivity index (χ0n) is 11.5. The molecule has 3 rings (SSSR count). The first-order valence-corrected chi connectivity index (χ1v) is 6.27. The Kier molecular flexibility index (Phi) is 3.06. The lowest BCUT2D eigenvalue weighted by Crippen LogP contribution is -2.15. The Balaban J connectivity index is 2.23. The van der Waals surface area contributed by atoms with Crippen molar-refractivity contribution in [1.29, 1.82) is 0 Å². The highest BCUT2D eigenvalue weighted by Gasteiger charge is 2.14. The maximum absolute atomic E-state index is 11.9. The average molecular weight is 284 g/mol. The van der Waals surface area contributed by atoms with Gasteiger partial charge in [0.25, 0.3) is 0 Å². The maximum atomic E-state index is 11.9. The lowest BCUT2D eigenvalue weighted by molar-refractivity contribution is -0.114. The first-order chi connectivity index (χ1) is 10.1. The SMILES string of the molecule is COc1ccc2nc3cc(NC(C)=O)c(=O)cc-3oc2c1. The molecule has 21 heavy (non-hydrogen) atoms. The molecule has 6 nitrogen and oxygen atoms in total. The maximum Gasteiger partial charge on any atom is 0.221 e. The molecule has 1 amide bonds. The van der Waals surface area contributed by atoms with Gasteiger partial charge in [-0.05, 0) is 18.2 Å². The molecule has 106 valence electrons. The molecule has 0 aromatic heterocycles. The first-order valence-electron chi connectivity index (χ1n) is 6.27. The smallest absolute Gasteiger partial charge is 0.221 e. The van der Waals surface area contributed by atoms with Gasteiger partial charge in [0.05, 0.1) is 12.8 Å². The van der Waals surface area contributed by atoms with Crippen molar-refractivity contribution >= 4 is 22.7 Å². The summed E-state index contributed by atoms with van der Waals surface area (Å²) in [5, 5.41) is 2.48. The Morgan fingerprint density at radius 1 is 1.29 bits per heavy atom. The van der Waals surface area contributed by atoms with Crippen LogP contribution in [0.25, 0.3) is 22.6 Å². The fourth-order valence-electron chi connectivity index (χ4n) is 2.05. The van der Waals surface area contributed by atoms with Crippen molar-refractivity contribution in [2.24, 2.45) is 0 Å². The van der Waals surface area contributed by atoms with Crippen molar-refractivity contribution in [3.63, 3.8) is 0 Å². The number of hydrogen-bond acceptors (Lipinski definition) is 5. The van der Waals surface area contributed by atoms with E-state index in [0.717, 1.165) is 0 Å². The lowest BCUT2D eigenvalue weighted by Gasteiger charge is -2.09. The quantitative estimate of drug-likeness (QED) is 0.730. The second-order valence-corrected chi connectivity index (χ2v) is 4.54. The monoisotopic (exact) mass is 284 g/mol. The van der Waals surface area contributed by atoms with Crippen LogP contribution in [0.15, 0.2) is 39.5 Å². The van der Waals surface area contributed by atoms with Gasteiger partial charge in [0.2, 0.25) is 11.3 Å². The largest absolute Gasteiger partial charge is 0.497 e. The third kappa shape index (κ3) is 2.43. The van der Waals surface area contributed by atoms with Gasteiger partial charge in [0.1, 0.15) is 17.0 Å². The van der Waals surface area contributed by atoms with Crippen molar-refractivity contribution in [3.8, 4) is 17.2 Å². The van der Waals surface area contributed by atoms with Crippen LogP contribution in [0.3, 0.4) is 0 Å². The summed E-state index contributed by atoms with van der Waals surface area (Å²) in [6.45, 7) is 1.34. The minimum absolute atomic E-state index is 0.186. The molecule has 1 heterocycles. The molecule has 0 radical (unpaired) electrons. The van der Waals surface area contributed by atoms with Crippen molar-refractivity contribution < 1.29 is 13.9 Å². The number of amides is 1. The van der Waals surface area contributed by atoms with Crippen LogP contribution in [-0.2, 0) is 4.79 Å². The zero-order valence-corrected chi connectivity index (χ0v) is 11.5. The highest BCUT2D eigenvalue weighted by Crippen LogP contribution is 2.27. The zero-order chi connectivity index (χ0) is 15.0. The second-order valence-electron chi connectivity index (χ2n) is 4.54. The average Bonchev–Trinajstić information content (AvgIpc) is 2.45. The van der Waals surface area contributed by atoms with E-state index in [-0.39, 0.29) is 17.0 Å². The van der Waals surface area contributed by atoms with Gasteiger partial charge in [-0.1, -0.05) is 0 Å². The number of aromatic nitrogens is 1. The molecule has 1 N–H and O–H groups in total.